The Hall–Kier alpha value is -2.83. The molecule has 5 nitrogen and oxygen atoms in total. The van der Waals surface area contributed by atoms with Gasteiger partial charge in [0.15, 0.2) is 0 Å². The van der Waals surface area contributed by atoms with Crippen molar-refractivity contribution in [3.63, 3.8) is 0 Å². The summed E-state index contributed by atoms with van der Waals surface area (Å²) < 4.78 is 27.8. The van der Waals surface area contributed by atoms with Gasteiger partial charge in [-0.3, -0.25) is 9.52 Å². The predicted molar refractivity (Wildman–Crippen MR) is 113 cm³/mol. The summed E-state index contributed by atoms with van der Waals surface area (Å²) in [5.41, 5.74) is 3.14. The van der Waals surface area contributed by atoms with E-state index in [2.05, 4.69) is 10.0 Å². The van der Waals surface area contributed by atoms with Crippen LogP contribution in [0.15, 0.2) is 71.6 Å². The standard InChI is InChI=1S/C21H19ClN2O3S/c1-14-6-9-17(10-7-14)24-28(26,27)19-5-3-4-16(12-19)21(25)23-18-11-8-15(2)20(22)13-18/h3-13,24H,1-2H3,(H,23,25). The molecule has 0 saturated heterocycles. The lowest BCUT2D eigenvalue weighted by molar-refractivity contribution is 0.102. The summed E-state index contributed by atoms with van der Waals surface area (Å²) in [6.07, 6.45) is 0. The second-order valence-corrected chi connectivity index (χ2v) is 8.51. The van der Waals surface area contributed by atoms with Crippen LogP contribution in [0.2, 0.25) is 5.02 Å². The average Bonchev–Trinajstić information content (AvgIpc) is 2.66. The number of aryl methyl sites for hydroxylation is 2. The largest absolute Gasteiger partial charge is 0.322 e. The third kappa shape index (κ3) is 4.71. The van der Waals surface area contributed by atoms with Crippen molar-refractivity contribution in [3.05, 3.63) is 88.4 Å². The molecule has 144 valence electrons. The molecule has 7 heteroatoms. The zero-order chi connectivity index (χ0) is 20.3. The molecule has 0 aliphatic rings. The maximum Gasteiger partial charge on any atom is 0.261 e. The Morgan fingerprint density at radius 1 is 0.893 bits per heavy atom. The summed E-state index contributed by atoms with van der Waals surface area (Å²) in [6, 6.07) is 18.0. The third-order valence-corrected chi connectivity index (χ3v) is 5.93. The smallest absolute Gasteiger partial charge is 0.261 e. The van der Waals surface area contributed by atoms with E-state index in [9.17, 15) is 13.2 Å². The van der Waals surface area contributed by atoms with Crippen LogP contribution in [-0.4, -0.2) is 14.3 Å². The normalized spacial score (nSPS) is 11.1. The lowest BCUT2D eigenvalue weighted by Crippen LogP contribution is -2.16. The van der Waals surface area contributed by atoms with Crippen LogP contribution in [0.3, 0.4) is 0 Å². The van der Waals surface area contributed by atoms with Gasteiger partial charge in [0.25, 0.3) is 15.9 Å². The highest BCUT2D eigenvalue weighted by atomic mass is 35.5. The first-order valence-corrected chi connectivity index (χ1v) is 10.4. The number of sulfonamides is 1. The Balaban J connectivity index is 1.81. The lowest BCUT2D eigenvalue weighted by atomic mass is 10.2. The van der Waals surface area contributed by atoms with Crippen molar-refractivity contribution >= 4 is 38.9 Å². The Morgan fingerprint density at radius 2 is 1.57 bits per heavy atom. The molecular weight excluding hydrogens is 396 g/mol. The van der Waals surface area contributed by atoms with Crippen molar-refractivity contribution in [1.29, 1.82) is 0 Å². The van der Waals surface area contributed by atoms with Gasteiger partial charge in [-0.15, -0.1) is 0 Å². The highest BCUT2D eigenvalue weighted by molar-refractivity contribution is 7.92. The lowest BCUT2D eigenvalue weighted by Gasteiger charge is -2.10. The van der Waals surface area contributed by atoms with E-state index < -0.39 is 15.9 Å². The first-order chi connectivity index (χ1) is 13.2. The van der Waals surface area contributed by atoms with Gasteiger partial charge in [-0.1, -0.05) is 41.4 Å². The van der Waals surface area contributed by atoms with E-state index in [4.69, 9.17) is 11.6 Å². The number of carbonyl (C=O) groups excluding carboxylic acids is 1. The molecule has 0 aromatic heterocycles. The van der Waals surface area contributed by atoms with Gasteiger partial charge in [0.1, 0.15) is 0 Å². The van der Waals surface area contributed by atoms with Crippen LogP contribution in [0.25, 0.3) is 0 Å². The number of rotatable bonds is 5. The number of carbonyl (C=O) groups is 1. The molecule has 0 saturated carbocycles. The maximum atomic E-state index is 12.6. The van der Waals surface area contributed by atoms with Gasteiger partial charge in [-0.05, 0) is 61.9 Å². The number of nitrogens with one attached hydrogen (secondary N) is 2. The van der Waals surface area contributed by atoms with Gasteiger partial charge in [-0.2, -0.15) is 0 Å². The van der Waals surface area contributed by atoms with Crippen LogP contribution < -0.4 is 10.0 Å². The number of hydrogen-bond acceptors (Lipinski definition) is 3. The second-order valence-electron chi connectivity index (χ2n) is 6.42. The van der Waals surface area contributed by atoms with Crippen LogP contribution >= 0.6 is 11.6 Å². The maximum absolute atomic E-state index is 12.6. The molecule has 0 atom stereocenters. The molecule has 3 aromatic carbocycles. The Kier molecular flexibility index (Phi) is 5.72. The van der Waals surface area contributed by atoms with E-state index in [0.717, 1.165) is 11.1 Å². The molecular formula is C21H19ClN2O3S. The summed E-state index contributed by atoms with van der Waals surface area (Å²) in [6.45, 7) is 3.78. The van der Waals surface area contributed by atoms with Crippen LogP contribution in [0.5, 0.6) is 0 Å². The van der Waals surface area contributed by atoms with Gasteiger partial charge in [0.2, 0.25) is 0 Å². The summed E-state index contributed by atoms with van der Waals surface area (Å²) >= 11 is 6.08. The molecule has 1 amide bonds. The van der Waals surface area contributed by atoms with Gasteiger partial charge in [-0.25, -0.2) is 8.42 Å². The van der Waals surface area contributed by atoms with Crippen LogP contribution in [0, 0.1) is 13.8 Å². The topological polar surface area (TPSA) is 75.3 Å². The van der Waals surface area contributed by atoms with Crippen molar-refractivity contribution < 1.29 is 13.2 Å². The molecule has 0 spiro atoms. The molecule has 0 heterocycles. The molecule has 0 bridgehead atoms. The highest BCUT2D eigenvalue weighted by Crippen LogP contribution is 2.22. The van der Waals surface area contributed by atoms with Crippen molar-refractivity contribution in [2.24, 2.45) is 0 Å². The van der Waals surface area contributed by atoms with Gasteiger partial charge < -0.3 is 5.32 Å². The Bertz CT molecular complexity index is 1130. The van der Waals surface area contributed by atoms with E-state index in [-0.39, 0.29) is 10.5 Å². The summed E-state index contributed by atoms with van der Waals surface area (Å²) in [5, 5.41) is 3.26. The Labute approximate surface area is 169 Å². The molecule has 2 N–H and O–H groups in total. The van der Waals surface area contributed by atoms with Crippen LogP contribution in [-0.2, 0) is 10.0 Å². The van der Waals surface area contributed by atoms with Crippen LogP contribution in [0.1, 0.15) is 21.5 Å². The van der Waals surface area contributed by atoms with E-state index in [1.54, 1.807) is 36.4 Å². The number of benzene rings is 3. The zero-order valence-electron chi connectivity index (χ0n) is 15.4. The summed E-state index contributed by atoms with van der Waals surface area (Å²) in [5.74, 6) is -0.424. The third-order valence-electron chi connectivity index (χ3n) is 4.14. The predicted octanol–water partition coefficient (Wildman–Crippen LogP) is 5.01. The minimum Gasteiger partial charge on any atom is -0.322 e. The fraction of sp³-hybridized carbons (Fsp3) is 0.0952. The highest BCUT2D eigenvalue weighted by Gasteiger charge is 2.17. The molecule has 0 aliphatic carbocycles. The first kappa shape index (κ1) is 19.9. The minimum absolute atomic E-state index is 0.00247. The second kappa shape index (κ2) is 8.04. The molecule has 0 fully saturated rings. The van der Waals surface area contributed by atoms with E-state index in [1.165, 1.54) is 18.2 Å². The van der Waals surface area contributed by atoms with E-state index in [0.29, 0.717) is 16.4 Å². The van der Waals surface area contributed by atoms with E-state index >= 15 is 0 Å². The van der Waals surface area contributed by atoms with Crippen LogP contribution in [0.4, 0.5) is 11.4 Å². The molecule has 28 heavy (non-hydrogen) atoms. The minimum atomic E-state index is -3.82. The average molecular weight is 415 g/mol. The van der Waals surface area contributed by atoms with Gasteiger partial charge >= 0.3 is 0 Å². The SMILES string of the molecule is Cc1ccc(NS(=O)(=O)c2cccc(C(=O)Nc3ccc(C)c(Cl)c3)c2)cc1. The van der Waals surface area contributed by atoms with Crippen molar-refractivity contribution in [2.45, 2.75) is 18.7 Å². The summed E-state index contributed by atoms with van der Waals surface area (Å²) in [4.78, 5) is 12.5. The van der Waals surface area contributed by atoms with Crippen molar-refractivity contribution in [3.8, 4) is 0 Å². The summed E-state index contributed by atoms with van der Waals surface area (Å²) in [7, 11) is -3.82. The number of amides is 1. The monoisotopic (exact) mass is 414 g/mol. The number of halogens is 1. The molecule has 0 radical (unpaired) electrons. The fourth-order valence-electron chi connectivity index (χ4n) is 2.51. The molecule has 0 unspecified atom stereocenters. The zero-order valence-corrected chi connectivity index (χ0v) is 16.9. The van der Waals surface area contributed by atoms with Gasteiger partial charge in [0, 0.05) is 22.0 Å². The van der Waals surface area contributed by atoms with Crippen molar-refractivity contribution in [2.75, 3.05) is 10.0 Å². The quantitative estimate of drug-likeness (QED) is 0.616. The number of hydrogen-bond donors (Lipinski definition) is 2. The first-order valence-electron chi connectivity index (χ1n) is 8.52. The Morgan fingerprint density at radius 3 is 2.25 bits per heavy atom. The van der Waals surface area contributed by atoms with Crippen molar-refractivity contribution in [1.82, 2.24) is 0 Å². The number of anilines is 2. The van der Waals surface area contributed by atoms with E-state index in [1.807, 2.05) is 26.0 Å². The molecule has 0 aliphatic heterocycles. The molecule has 3 aromatic rings. The molecule has 3 rings (SSSR count). The fourth-order valence-corrected chi connectivity index (χ4v) is 3.80. The van der Waals surface area contributed by atoms with Gasteiger partial charge in [0.05, 0.1) is 4.90 Å².